The number of carbonyl (C=O) groups is 2. The number of nitrogens with zero attached hydrogens (tertiary/aromatic N) is 1. The van der Waals surface area contributed by atoms with Gasteiger partial charge in [0.1, 0.15) is 6.61 Å². The Kier molecular flexibility index (Phi) is 6.35. The molecule has 0 radical (unpaired) electrons. The fourth-order valence-electron chi connectivity index (χ4n) is 3.15. The minimum absolute atomic E-state index is 0.126. The van der Waals surface area contributed by atoms with Crippen molar-refractivity contribution in [1.29, 1.82) is 0 Å². The molecule has 1 heterocycles. The first-order valence-electron chi connectivity index (χ1n) is 10.5. The minimum Gasteiger partial charge on any atom is -0.493 e. The fraction of sp³-hybridized carbons (Fsp3) is 0.240. The lowest BCUT2D eigenvalue weighted by atomic mass is 10.1. The van der Waals surface area contributed by atoms with E-state index in [4.69, 9.17) is 9.47 Å². The van der Waals surface area contributed by atoms with Crippen LogP contribution in [0.15, 0.2) is 60.8 Å². The molecule has 7 heteroatoms. The number of amides is 2. The van der Waals surface area contributed by atoms with Gasteiger partial charge in [-0.1, -0.05) is 12.1 Å². The van der Waals surface area contributed by atoms with Crippen molar-refractivity contribution in [2.75, 3.05) is 12.4 Å². The molecule has 164 valence electrons. The van der Waals surface area contributed by atoms with E-state index < -0.39 is 0 Å². The van der Waals surface area contributed by atoms with Crippen LogP contribution < -0.4 is 20.1 Å². The van der Waals surface area contributed by atoms with E-state index >= 15 is 0 Å². The zero-order chi connectivity index (χ0) is 22.5. The molecule has 0 saturated heterocycles. The number of rotatable bonds is 8. The average molecular weight is 431 g/mol. The molecule has 1 aliphatic rings. The van der Waals surface area contributed by atoms with Crippen LogP contribution in [0.4, 0.5) is 5.69 Å². The van der Waals surface area contributed by atoms with Gasteiger partial charge in [-0.25, -0.2) is 0 Å². The monoisotopic (exact) mass is 431 g/mol. The Hall–Kier alpha value is -3.87. The van der Waals surface area contributed by atoms with Crippen LogP contribution in [0.25, 0.3) is 0 Å². The van der Waals surface area contributed by atoms with Crippen molar-refractivity contribution in [2.24, 2.45) is 0 Å². The van der Waals surface area contributed by atoms with E-state index in [1.807, 2.05) is 31.2 Å². The van der Waals surface area contributed by atoms with Crippen LogP contribution >= 0.6 is 0 Å². The van der Waals surface area contributed by atoms with Gasteiger partial charge in [-0.15, -0.1) is 0 Å². The number of hydrogen-bond acceptors (Lipinski definition) is 5. The number of benzene rings is 2. The third-order valence-electron chi connectivity index (χ3n) is 5.19. The normalized spacial score (nSPS) is 12.7. The molecule has 1 aliphatic carbocycles. The van der Waals surface area contributed by atoms with Gasteiger partial charge in [0, 0.05) is 29.1 Å². The minimum atomic E-state index is -0.303. The Labute approximate surface area is 186 Å². The summed E-state index contributed by atoms with van der Waals surface area (Å²) in [6, 6.07) is 16.2. The number of hydrogen-bond donors (Lipinski definition) is 2. The van der Waals surface area contributed by atoms with E-state index in [-0.39, 0.29) is 24.5 Å². The first-order valence-corrected chi connectivity index (χ1v) is 10.5. The van der Waals surface area contributed by atoms with Gasteiger partial charge in [0.2, 0.25) is 0 Å². The second kappa shape index (κ2) is 9.51. The molecule has 1 saturated carbocycles. The number of methoxy groups -OCH3 is 1. The van der Waals surface area contributed by atoms with E-state index in [0.29, 0.717) is 28.3 Å². The van der Waals surface area contributed by atoms with Crippen LogP contribution in [0, 0.1) is 6.92 Å². The zero-order valence-corrected chi connectivity index (χ0v) is 18.1. The predicted molar refractivity (Wildman–Crippen MR) is 121 cm³/mol. The summed E-state index contributed by atoms with van der Waals surface area (Å²) < 4.78 is 11.2. The highest BCUT2D eigenvalue weighted by Gasteiger charge is 2.24. The second-order valence-electron chi connectivity index (χ2n) is 7.71. The average Bonchev–Trinajstić information content (AvgIpc) is 3.63. The highest BCUT2D eigenvalue weighted by molar-refractivity contribution is 6.06. The van der Waals surface area contributed by atoms with Gasteiger partial charge < -0.3 is 20.1 Å². The Morgan fingerprint density at radius 3 is 2.50 bits per heavy atom. The first kappa shape index (κ1) is 21.4. The van der Waals surface area contributed by atoms with Crippen molar-refractivity contribution in [3.63, 3.8) is 0 Å². The molecule has 2 N–H and O–H groups in total. The lowest BCUT2D eigenvalue weighted by Gasteiger charge is -2.13. The molecule has 2 aromatic carbocycles. The Morgan fingerprint density at radius 1 is 1.00 bits per heavy atom. The molecule has 0 bridgehead atoms. The Balaban J connectivity index is 1.46. The van der Waals surface area contributed by atoms with Crippen LogP contribution in [0.3, 0.4) is 0 Å². The highest BCUT2D eigenvalue weighted by atomic mass is 16.5. The number of ether oxygens (including phenoxy) is 2. The number of aryl methyl sites for hydroxylation is 1. The number of carbonyl (C=O) groups excluding carboxylic acids is 2. The molecule has 0 spiro atoms. The third-order valence-corrected chi connectivity index (χ3v) is 5.19. The van der Waals surface area contributed by atoms with E-state index in [2.05, 4.69) is 15.6 Å². The Morgan fingerprint density at radius 2 is 1.78 bits per heavy atom. The molecule has 2 amide bonds. The summed E-state index contributed by atoms with van der Waals surface area (Å²) in [5, 5.41) is 5.85. The van der Waals surface area contributed by atoms with Crippen molar-refractivity contribution in [3.8, 4) is 11.5 Å². The molecule has 0 atom stereocenters. The lowest BCUT2D eigenvalue weighted by Crippen LogP contribution is -2.25. The highest BCUT2D eigenvalue weighted by Crippen LogP contribution is 2.29. The molecule has 0 unspecified atom stereocenters. The molecule has 4 rings (SSSR count). The number of aromatic nitrogens is 1. The standard InChI is InChI=1S/C25H25N3O4/c1-16-6-7-17(24(29)27-19-9-10-19)13-21(16)28-25(30)18-8-11-22(23(14-18)31-2)32-15-20-5-3-4-12-26-20/h3-8,11-14,19H,9-10,15H2,1-2H3,(H,27,29)(H,28,30). The van der Waals surface area contributed by atoms with Gasteiger partial charge in [-0.2, -0.15) is 0 Å². The molecular formula is C25H25N3O4. The van der Waals surface area contributed by atoms with Gasteiger partial charge in [0.15, 0.2) is 11.5 Å². The van der Waals surface area contributed by atoms with Gasteiger partial charge in [-0.3, -0.25) is 14.6 Å². The zero-order valence-electron chi connectivity index (χ0n) is 18.1. The van der Waals surface area contributed by atoms with Gasteiger partial charge in [0.05, 0.1) is 12.8 Å². The largest absolute Gasteiger partial charge is 0.493 e. The summed E-state index contributed by atoms with van der Waals surface area (Å²) in [6.07, 6.45) is 3.74. The van der Waals surface area contributed by atoms with Crippen LogP contribution in [0.5, 0.6) is 11.5 Å². The van der Waals surface area contributed by atoms with Crippen LogP contribution in [-0.2, 0) is 6.61 Å². The smallest absolute Gasteiger partial charge is 0.255 e. The summed E-state index contributed by atoms with van der Waals surface area (Å²) in [5.41, 5.74) is 3.18. The van der Waals surface area contributed by atoms with Crippen LogP contribution in [-0.4, -0.2) is 29.9 Å². The number of anilines is 1. The third kappa shape index (κ3) is 5.24. The maximum atomic E-state index is 12.9. The quantitative estimate of drug-likeness (QED) is 0.560. The number of nitrogens with one attached hydrogen (secondary N) is 2. The lowest BCUT2D eigenvalue weighted by molar-refractivity contribution is 0.0949. The number of pyridine rings is 1. The summed E-state index contributed by atoms with van der Waals surface area (Å²) in [5.74, 6) is 0.536. The fourth-order valence-corrected chi connectivity index (χ4v) is 3.15. The topological polar surface area (TPSA) is 89.5 Å². The Bertz CT molecular complexity index is 1130. The maximum absolute atomic E-state index is 12.9. The summed E-state index contributed by atoms with van der Waals surface area (Å²) in [7, 11) is 1.52. The maximum Gasteiger partial charge on any atom is 0.255 e. The van der Waals surface area contributed by atoms with Gasteiger partial charge in [0.25, 0.3) is 11.8 Å². The molecule has 3 aromatic rings. The molecule has 7 nitrogen and oxygen atoms in total. The summed E-state index contributed by atoms with van der Waals surface area (Å²) in [4.78, 5) is 29.4. The van der Waals surface area contributed by atoms with E-state index in [1.165, 1.54) is 7.11 Å². The van der Waals surface area contributed by atoms with Gasteiger partial charge >= 0.3 is 0 Å². The van der Waals surface area contributed by atoms with Gasteiger partial charge in [-0.05, 0) is 67.8 Å². The van der Waals surface area contributed by atoms with E-state index in [9.17, 15) is 9.59 Å². The molecule has 32 heavy (non-hydrogen) atoms. The van der Waals surface area contributed by atoms with E-state index in [1.54, 1.807) is 36.5 Å². The van der Waals surface area contributed by atoms with Crippen LogP contribution in [0.2, 0.25) is 0 Å². The second-order valence-corrected chi connectivity index (χ2v) is 7.71. The van der Waals surface area contributed by atoms with Crippen LogP contribution in [0.1, 0.15) is 44.8 Å². The molecule has 0 aliphatic heterocycles. The molecular weight excluding hydrogens is 406 g/mol. The predicted octanol–water partition coefficient (Wildman–Crippen LogP) is 4.12. The summed E-state index contributed by atoms with van der Waals surface area (Å²) in [6.45, 7) is 2.17. The SMILES string of the molecule is COc1cc(C(=O)Nc2cc(C(=O)NC3CC3)ccc2C)ccc1OCc1ccccn1. The molecule has 1 aromatic heterocycles. The van der Waals surface area contributed by atoms with Crippen molar-refractivity contribution in [2.45, 2.75) is 32.4 Å². The van der Waals surface area contributed by atoms with Crippen molar-refractivity contribution >= 4 is 17.5 Å². The summed E-state index contributed by atoms with van der Waals surface area (Å²) >= 11 is 0. The molecule has 1 fully saturated rings. The van der Waals surface area contributed by atoms with Crippen molar-refractivity contribution in [3.05, 3.63) is 83.2 Å². The van der Waals surface area contributed by atoms with Crippen molar-refractivity contribution < 1.29 is 19.1 Å². The van der Waals surface area contributed by atoms with E-state index in [0.717, 1.165) is 24.1 Å². The first-order chi connectivity index (χ1) is 15.5. The van der Waals surface area contributed by atoms with Crippen molar-refractivity contribution in [1.82, 2.24) is 10.3 Å².